The SMILES string of the molecule is Cc1cccc(NC(=O)N2CCN(CC(=O)N3CCCC3)C(=O)C2)c1. The number of carbonyl (C=O) groups excluding carboxylic acids is 3. The number of nitrogens with one attached hydrogen (secondary N) is 1. The van der Waals surface area contributed by atoms with Gasteiger partial charge in [-0.15, -0.1) is 0 Å². The predicted octanol–water partition coefficient (Wildman–Crippen LogP) is 1.29. The summed E-state index contributed by atoms with van der Waals surface area (Å²) in [6.45, 7) is 4.46. The van der Waals surface area contributed by atoms with Crippen molar-refractivity contribution in [1.82, 2.24) is 14.7 Å². The Balaban J connectivity index is 1.51. The zero-order valence-electron chi connectivity index (χ0n) is 14.5. The molecule has 2 heterocycles. The molecule has 3 rings (SSSR count). The van der Waals surface area contributed by atoms with Crippen molar-refractivity contribution in [3.05, 3.63) is 29.8 Å². The van der Waals surface area contributed by atoms with E-state index >= 15 is 0 Å². The zero-order chi connectivity index (χ0) is 17.8. The van der Waals surface area contributed by atoms with Gasteiger partial charge >= 0.3 is 6.03 Å². The molecule has 0 radical (unpaired) electrons. The van der Waals surface area contributed by atoms with Crippen LogP contribution < -0.4 is 5.32 Å². The minimum atomic E-state index is -0.288. The molecule has 2 fully saturated rings. The molecule has 0 aromatic heterocycles. The van der Waals surface area contributed by atoms with E-state index in [9.17, 15) is 14.4 Å². The Bertz CT molecular complexity index is 670. The number of hydrogen-bond donors (Lipinski definition) is 1. The molecular formula is C18H24N4O3. The molecule has 0 unspecified atom stereocenters. The first-order valence-corrected chi connectivity index (χ1v) is 8.71. The molecule has 0 atom stereocenters. The molecule has 1 aromatic carbocycles. The molecule has 1 aromatic rings. The summed E-state index contributed by atoms with van der Waals surface area (Å²) in [6.07, 6.45) is 2.07. The van der Waals surface area contributed by atoms with Gasteiger partial charge in [0.1, 0.15) is 6.54 Å². The minimum Gasteiger partial charge on any atom is -0.341 e. The molecule has 0 aliphatic carbocycles. The number of carbonyl (C=O) groups is 3. The van der Waals surface area contributed by atoms with E-state index in [0.717, 1.165) is 31.5 Å². The lowest BCUT2D eigenvalue weighted by Gasteiger charge is -2.34. The van der Waals surface area contributed by atoms with Gasteiger partial charge in [-0.25, -0.2) is 4.79 Å². The van der Waals surface area contributed by atoms with E-state index < -0.39 is 0 Å². The van der Waals surface area contributed by atoms with Gasteiger partial charge in [0.15, 0.2) is 0 Å². The number of aryl methyl sites for hydroxylation is 1. The highest BCUT2D eigenvalue weighted by atomic mass is 16.2. The summed E-state index contributed by atoms with van der Waals surface area (Å²) in [4.78, 5) is 41.7. The van der Waals surface area contributed by atoms with Gasteiger partial charge in [0, 0.05) is 31.9 Å². The van der Waals surface area contributed by atoms with Crippen LogP contribution >= 0.6 is 0 Å². The van der Waals surface area contributed by atoms with Crippen LogP contribution in [0.4, 0.5) is 10.5 Å². The number of anilines is 1. The molecule has 134 valence electrons. The van der Waals surface area contributed by atoms with Crippen LogP contribution in [-0.4, -0.2) is 71.8 Å². The molecule has 0 spiro atoms. The summed E-state index contributed by atoms with van der Waals surface area (Å²) in [5.74, 6) is -0.179. The maximum atomic E-state index is 12.3. The Morgan fingerprint density at radius 3 is 2.52 bits per heavy atom. The van der Waals surface area contributed by atoms with Gasteiger partial charge in [0.05, 0.1) is 6.54 Å². The average Bonchev–Trinajstić information content (AvgIpc) is 3.11. The maximum Gasteiger partial charge on any atom is 0.322 e. The number of likely N-dealkylation sites (tertiary alicyclic amines) is 1. The largest absolute Gasteiger partial charge is 0.341 e. The fourth-order valence-electron chi connectivity index (χ4n) is 3.20. The van der Waals surface area contributed by atoms with E-state index in [1.807, 2.05) is 36.1 Å². The number of rotatable bonds is 3. The Hall–Kier alpha value is -2.57. The van der Waals surface area contributed by atoms with Gasteiger partial charge < -0.3 is 20.0 Å². The lowest BCUT2D eigenvalue weighted by atomic mass is 10.2. The molecule has 2 aliphatic rings. The van der Waals surface area contributed by atoms with Crippen LogP contribution in [0.15, 0.2) is 24.3 Å². The third-order valence-electron chi connectivity index (χ3n) is 4.66. The lowest BCUT2D eigenvalue weighted by molar-refractivity contribution is -0.142. The predicted molar refractivity (Wildman–Crippen MR) is 94.2 cm³/mol. The van der Waals surface area contributed by atoms with Gasteiger partial charge in [0.25, 0.3) is 0 Å². The van der Waals surface area contributed by atoms with Gasteiger partial charge in [0.2, 0.25) is 11.8 Å². The fourth-order valence-corrected chi connectivity index (χ4v) is 3.20. The van der Waals surface area contributed by atoms with Crippen LogP contribution in [0.3, 0.4) is 0 Å². The fraction of sp³-hybridized carbons (Fsp3) is 0.500. The molecule has 1 N–H and O–H groups in total. The van der Waals surface area contributed by atoms with Crippen LogP contribution in [0, 0.1) is 6.92 Å². The summed E-state index contributed by atoms with van der Waals surface area (Å²) in [5.41, 5.74) is 1.77. The highest BCUT2D eigenvalue weighted by Crippen LogP contribution is 2.13. The van der Waals surface area contributed by atoms with Crippen LogP contribution in [0.25, 0.3) is 0 Å². The van der Waals surface area contributed by atoms with Crippen LogP contribution in [0.1, 0.15) is 18.4 Å². The highest BCUT2D eigenvalue weighted by Gasteiger charge is 2.30. The first kappa shape index (κ1) is 17.3. The number of piperazine rings is 1. The van der Waals surface area contributed by atoms with Gasteiger partial charge in [-0.1, -0.05) is 12.1 Å². The number of amides is 4. The van der Waals surface area contributed by atoms with Crippen molar-refractivity contribution in [2.24, 2.45) is 0 Å². The Morgan fingerprint density at radius 1 is 1.08 bits per heavy atom. The normalized spacial score (nSPS) is 17.8. The monoisotopic (exact) mass is 344 g/mol. The quantitative estimate of drug-likeness (QED) is 0.898. The first-order chi connectivity index (χ1) is 12.0. The van der Waals surface area contributed by atoms with E-state index in [2.05, 4.69) is 5.32 Å². The highest BCUT2D eigenvalue weighted by molar-refractivity contribution is 5.94. The molecule has 0 saturated carbocycles. The van der Waals surface area contributed by atoms with E-state index in [-0.39, 0.29) is 30.9 Å². The molecule has 7 nitrogen and oxygen atoms in total. The number of hydrogen-bond acceptors (Lipinski definition) is 3. The summed E-state index contributed by atoms with van der Waals surface area (Å²) < 4.78 is 0. The standard InChI is InChI=1S/C18H24N4O3/c1-14-5-4-6-15(11-14)19-18(25)22-10-9-21(17(24)13-22)12-16(23)20-7-2-3-8-20/h4-6,11H,2-3,7-10,12-13H2,1H3,(H,19,25). The van der Waals surface area contributed by atoms with Crippen molar-refractivity contribution in [2.75, 3.05) is 44.6 Å². The van der Waals surface area contributed by atoms with Crippen LogP contribution in [0.5, 0.6) is 0 Å². The third kappa shape index (κ3) is 4.29. The zero-order valence-corrected chi connectivity index (χ0v) is 14.5. The minimum absolute atomic E-state index is 0.00325. The molecule has 2 saturated heterocycles. The summed E-state index contributed by atoms with van der Waals surface area (Å²) >= 11 is 0. The number of urea groups is 1. The molecular weight excluding hydrogens is 320 g/mol. The topological polar surface area (TPSA) is 73.0 Å². The number of benzene rings is 1. The van der Waals surface area contributed by atoms with Gasteiger partial charge in [-0.2, -0.15) is 0 Å². The van der Waals surface area contributed by atoms with E-state index in [1.54, 1.807) is 4.90 Å². The molecule has 4 amide bonds. The molecule has 25 heavy (non-hydrogen) atoms. The maximum absolute atomic E-state index is 12.3. The van der Waals surface area contributed by atoms with Crippen LogP contribution in [-0.2, 0) is 9.59 Å². The second-order valence-electron chi connectivity index (χ2n) is 6.62. The average molecular weight is 344 g/mol. The van der Waals surface area contributed by atoms with Gasteiger partial charge in [-0.3, -0.25) is 9.59 Å². The van der Waals surface area contributed by atoms with E-state index in [1.165, 1.54) is 4.90 Å². The molecule has 7 heteroatoms. The Morgan fingerprint density at radius 2 is 1.84 bits per heavy atom. The molecule has 0 bridgehead atoms. The third-order valence-corrected chi connectivity index (χ3v) is 4.66. The number of nitrogens with zero attached hydrogens (tertiary/aromatic N) is 3. The summed E-state index contributed by atoms with van der Waals surface area (Å²) in [7, 11) is 0. The Labute approximate surface area is 147 Å². The van der Waals surface area contributed by atoms with Crippen molar-refractivity contribution < 1.29 is 14.4 Å². The van der Waals surface area contributed by atoms with Gasteiger partial charge in [-0.05, 0) is 37.5 Å². The van der Waals surface area contributed by atoms with E-state index in [4.69, 9.17) is 0 Å². The van der Waals surface area contributed by atoms with Crippen LogP contribution in [0.2, 0.25) is 0 Å². The Kier molecular flexibility index (Phi) is 5.21. The molecule has 2 aliphatic heterocycles. The van der Waals surface area contributed by atoms with Crippen molar-refractivity contribution in [2.45, 2.75) is 19.8 Å². The summed E-state index contributed by atoms with van der Waals surface area (Å²) in [5, 5.41) is 2.81. The van der Waals surface area contributed by atoms with E-state index in [0.29, 0.717) is 18.8 Å². The van der Waals surface area contributed by atoms with Crippen molar-refractivity contribution in [1.29, 1.82) is 0 Å². The van der Waals surface area contributed by atoms with Crippen molar-refractivity contribution >= 4 is 23.5 Å². The summed E-state index contributed by atoms with van der Waals surface area (Å²) in [6, 6.07) is 7.24. The second kappa shape index (κ2) is 7.55. The smallest absolute Gasteiger partial charge is 0.322 e. The van der Waals surface area contributed by atoms with Crippen molar-refractivity contribution in [3.63, 3.8) is 0 Å². The van der Waals surface area contributed by atoms with Crippen molar-refractivity contribution in [3.8, 4) is 0 Å². The second-order valence-corrected chi connectivity index (χ2v) is 6.62. The lowest BCUT2D eigenvalue weighted by Crippen LogP contribution is -2.55. The first-order valence-electron chi connectivity index (χ1n) is 8.71.